The molecule has 1 aliphatic rings. The van der Waals surface area contributed by atoms with E-state index in [4.69, 9.17) is 0 Å². The van der Waals surface area contributed by atoms with Crippen molar-refractivity contribution >= 4 is 53.1 Å². The molecule has 0 spiro atoms. The average molecular weight is 469 g/mol. The highest BCUT2D eigenvalue weighted by molar-refractivity contribution is 7.99. The zero-order valence-corrected chi connectivity index (χ0v) is 18.7. The Bertz CT molecular complexity index is 1150. The van der Waals surface area contributed by atoms with Crippen molar-refractivity contribution in [2.45, 2.75) is 24.0 Å². The van der Waals surface area contributed by atoms with Crippen molar-refractivity contribution in [3.63, 3.8) is 0 Å². The number of thioether (sulfide) groups is 1. The molecule has 0 saturated carbocycles. The van der Waals surface area contributed by atoms with E-state index in [-0.39, 0.29) is 5.75 Å². The second-order valence-electron chi connectivity index (χ2n) is 6.87. The van der Waals surface area contributed by atoms with E-state index in [0.29, 0.717) is 23.0 Å². The van der Waals surface area contributed by atoms with E-state index < -0.39 is 23.4 Å². The summed E-state index contributed by atoms with van der Waals surface area (Å²) in [5.41, 5.74) is 1.85. The quantitative estimate of drug-likeness (QED) is 0.345. The molecule has 4 amide bonds. The van der Waals surface area contributed by atoms with E-state index in [1.54, 1.807) is 48.6 Å². The number of aromatic amines is 1. The van der Waals surface area contributed by atoms with Gasteiger partial charge >= 0.3 is 6.03 Å². The summed E-state index contributed by atoms with van der Waals surface area (Å²) in [7, 11) is 0. The molecule has 1 aliphatic heterocycles. The minimum absolute atomic E-state index is 0.0620. The number of amides is 4. The van der Waals surface area contributed by atoms with Gasteiger partial charge in [-0.05, 0) is 35.6 Å². The first-order valence-corrected chi connectivity index (χ1v) is 11.7. The number of hydrazine groups is 1. The molecule has 0 bridgehead atoms. The van der Waals surface area contributed by atoms with Crippen LogP contribution in [0.15, 0.2) is 53.0 Å². The first-order chi connectivity index (χ1) is 15.5. The number of aromatic nitrogens is 3. The molecule has 0 aliphatic carbocycles. The molecule has 1 saturated heterocycles. The standard InChI is InChI=1S/C21H20N6O3S2/c1-2-21(14-7-4-3-5-8-14)18(29)27(20(30)23-21)26-17(28)13-32-19-22-16(24-25-19)11-10-15-9-6-12-31-15/h3-12H,2,13H2,1H3,(H,23,30)(H,26,28)(H,22,24,25)/b11-10+. The predicted octanol–water partition coefficient (Wildman–Crippen LogP) is 3.02. The monoisotopic (exact) mass is 468 g/mol. The number of rotatable bonds is 8. The molecule has 4 rings (SSSR count). The topological polar surface area (TPSA) is 120 Å². The Morgan fingerprint density at radius 3 is 2.75 bits per heavy atom. The number of nitrogens with one attached hydrogen (secondary N) is 3. The number of nitrogens with zero attached hydrogens (tertiary/aromatic N) is 3. The maximum atomic E-state index is 13.0. The van der Waals surface area contributed by atoms with Gasteiger partial charge in [-0.15, -0.1) is 16.4 Å². The van der Waals surface area contributed by atoms with Gasteiger partial charge in [0.05, 0.1) is 5.75 Å². The third kappa shape index (κ3) is 4.43. The summed E-state index contributed by atoms with van der Waals surface area (Å²) in [6.07, 6.45) is 4.06. The van der Waals surface area contributed by atoms with Crippen LogP contribution in [0.5, 0.6) is 0 Å². The molecule has 1 fully saturated rings. The Morgan fingerprint density at radius 1 is 1.22 bits per heavy atom. The van der Waals surface area contributed by atoms with Gasteiger partial charge in [-0.1, -0.05) is 55.1 Å². The smallest absolute Gasteiger partial charge is 0.318 e. The SMILES string of the molecule is CCC1(c2ccccc2)NC(=O)N(NC(=O)CSc2n[nH]c(/C=C/c3cccs3)n2)C1=O. The number of imide groups is 1. The molecule has 9 nitrogen and oxygen atoms in total. The van der Waals surface area contributed by atoms with Crippen molar-refractivity contribution in [1.29, 1.82) is 0 Å². The predicted molar refractivity (Wildman–Crippen MR) is 122 cm³/mol. The van der Waals surface area contributed by atoms with Gasteiger partial charge in [0.1, 0.15) is 11.4 Å². The first-order valence-electron chi connectivity index (χ1n) is 9.80. The van der Waals surface area contributed by atoms with E-state index in [1.165, 1.54) is 0 Å². The fraction of sp³-hybridized carbons (Fsp3) is 0.190. The third-order valence-electron chi connectivity index (χ3n) is 4.89. The fourth-order valence-corrected chi connectivity index (χ4v) is 4.49. The van der Waals surface area contributed by atoms with Crippen LogP contribution >= 0.6 is 23.1 Å². The van der Waals surface area contributed by atoms with Crippen molar-refractivity contribution in [2.24, 2.45) is 0 Å². The van der Waals surface area contributed by atoms with Crippen molar-refractivity contribution in [2.75, 3.05) is 5.75 Å². The van der Waals surface area contributed by atoms with Crippen LogP contribution in [0.25, 0.3) is 12.2 Å². The van der Waals surface area contributed by atoms with Crippen molar-refractivity contribution in [1.82, 2.24) is 30.9 Å². The Morgan fingerprint density at radius 2 is 2.03 bits per heavy atom. The Balaban J connectivity index is 1.35. The van der Waals surface area contributed by atoms with E-state index in [2.05, 4.69) is 25.9 Å². The molecule has 1 atom stereocenters. The summed E-state index contributed by atoms with van der Waals surface area (Å²) in [6.45, 7) is 1.81. The number of carbonyl (C=O) groups excluding carboxylic acids is 3. The summed E-state index contributed by atoms with van der Waals surface area (Å²) in [5.74, 6) is -0.536. The lowest BCUT2D eigenvalue weighted by molar-refractivity contribution is -0.138. The minimum atomic E-state index is -1.20. The minimum Gasteiger partial charge on any atom is -0.318 e. The van der Waals surface area contributed by atoms with Crippen LogP contribution in [0.2, 0.25) is 0 Å². The van der Waals surface area contributed by atoms with Gasteiger partial charge in [0.15, 0.2) is 0 Å². The van der Waals surface area contributed by atoms with E-state index in [9.17, 15) is 14.4 Å². The Labute approximate surface area is 192 Å². The number of carbonyl (C=O) groups is 3. The number of thiophene rings is 1. The van der Waals surface area contributed by atoms with Crippen LogP contribution in [0.1, 0.15) is 29.6 Å². The van der Waals surface area contributed by atoms with E-state index in [1.807, 2.05) is 29.7 Å². The van der Waals surface area contributed by atoms with Crippen molar-refractivity contribution in [3.8, 4) is 0 Å². The second kappa shape index (κ2) is 9.37. The van der Waals surface area contributed by atoms with Crippen molar-refractivity contribution < 1.29 is 14.4 Å². The number of hydrogen-bond acceptors (Lipinski definition) is 7. The molecule has 32 heavy (non-hydrogen) atoms. The maximum absolute atomic E-state index is 13.0. The zero-order valence-electron chi connectivity index (χ0n) is 17.1. The van der Waals surface area contributed by atoms with Gasteiger partial charge in [-0.3, -0.25) is 20.1 Å². The normalized spacial score (nSPS) is 18.3. The number of H-pyrrole nitrogens is 1. The second-order valence-corrected chi connectivity index (χ2v) is 8.79. The summed E-state index contributed by atoms with van der Waals surface area (Å²) in [6, 6.07) is 12.2. The highest BCUT2D eigenvalue weighted by Gasteiger charge is 2.52. The lowest BCUT2D eigenvalue weighted by Crippen LogP contribution is -2.49. The number of hydrogen-bond donors (Lipinski definition) is 3. The Kier molecular flexibility index (Phi) is 6.37. The van der Waals surface area contributed by atoms with E-state index in [0.717, 1.165) is 21.6 Å². The van der Waals surface area contributed by atoms with Gasteiger partial charge in [0.2, 0.25) is 11.1 Å². The van der Waals surface area contributed by atoms with Crippen LogP contribution in [0.4, 0.5) is 4.79 Å². The highest BCUT2D eigenvalue weighted by Crippen LogP contribution is 2.31. The van der Waals surface area contributed by atoms with E-state index >= 15 is 0 Å². The molecule has 1 aromatic carbocycles. The maximum Gasteiger partial charge on any atom is 0.344 e. The highest BCUT2D eigenvalue weighted by atomic mass is 32.2. The molecular formula is C21H20N6O3S2. The van der Waals surface area contributed by atoms with Crippen LogP contribution in [0.3, 0.4) is 0 Å². The van der Waals surface area contributed by atoms with Gasteiger partial charge in [0.25, 0.3) is 5.91 Å². The molecule has 1 unspecified atom stereocenters. The van der Waals surface area contributed by atoms with Crippen LogP contribution in [-0.2, 0) is 15.1 Å². The largest absolute Gasteiger partial charge is 0.344 e. The Hall–Kier alpha value is -3.44. The summed E-state index contributed by atoms with van der Waals surface area (Å²) in [5, 5.41) is 12.7. The molecule has 11 heteroatoms. The molecule has 0 radical (unpaired) electrons. The van der Waals surface area contributed by atoms with Gasteiger partial charge in [-0.2, -0.15) is 5.01 Å². The molecule has 2 aromatic heterocycles. The summed E-state index contributed by atoms with van der Waals surface area (Å²) >= 11 is 2.70. The molecular weight excluding hydrogens is 448 g/mol. The summed E-state index contributed by atoms with van der Waals surface area (Å²) in [4.78, 5) is 43.3. The lowest BCUT2D eigenvalue weighted by atomic mass is 9.87. The zero-order chi connectivity index (χ0) is 22.6. The van der Waals surface area contributed by atoms with Crippen LogP contribution in [-0.4, -0.2) is 43.8 Å². The number of benzene rings is 1. The molecule has 3 aromatic rings. The lowest BCUT2D eigenvalue weighted by Gasteiger charge is -2.25. The van der Waals surface area contributed by atoms with Gasteiger partial charge in [0, 0.05) is 4.88 Å². The molecule has 164 valence electrons. The number of urea groups is 1. The van der Waals surface area contributed by atoms with Crippen LogP contribution in [0, 0.1) is 0 Å². The third-order valence-corrected chi connectivity index (χ3v) is 6.57. The summed E-state index contributed by atoms with van der Waals surface area (Å²) < 4.78 is 0. The van der Waals surface area contributed by atoms with Crippen LogP contribution < -0.4 is 10.7 Å². The molecule has 3 heterocycles. The van der Waals surface area contributed by atoms with Crippen molar-refractivity contribution in [3.05, 3.63) is 64.1 Å². The molecule has 3 N–H and O–H groups in total. The fourth-order valence-electron chi connectivity index (χ4n) is 3.27. The van der Waals surface area contributed by atoms with Gasteiger partial charge < -0.3 is 5.32 Å². The average Bonchev–Trinajstić information content (AvgIpc) is 3.54. The van der Waals surface area contributed by atoms with Gasteiger partial charge in [-0.25, -0.2) is 9.78 Å². The first kappa shape index (κ1) is 21.8.